The fourth-order valence-corrected chi connectivity index (χ4v) is 3.28. The van der Waals surface area contributed by atoms with Gasteiger partial charge in [-0.1, -0.05) is 0 Å². The van der Waals surface area contributed by atoms with Gasteiger partial charge in [0.15, 0.2) is 5.72 Å². The van der Waals surface area contributed by atoms with Crippen molar-refractivity contribution >= 4 is 11.7 Å². The van der Waals surface area contributed by atoms with Crippen LogP contribution >= 0.6 is 0 Å². The lowest BCUT2D eigenvalue weighted by atomic mass is 9.85. The molecule has 2 N–H and O–H groups in total. The van der Waals surface area contributed by atoms with E-state index in [1.54, 1.807) is 6.92 Å². The SMILES string of the molecule is Cc1c(C)c(C)c2c(c1C)NC(=O)N(C(C)C)C2(C)O. The van der Waals surface area contributed by atoms with Crippen molar-refractivity contribution in [3.05, 3.63) is 27.8 Å². The van der Waals surface area contributed by atoms with Gasteiger partial charge in [-0.05, 0) is 70.7 Å². The standard InChI is InChI=1S/C16H24N2O2/c1-8(2)18-15(19)17-14-12(6)10(4)9(3)11(5)13(14)16(18,7)20/h8,20H,1-7H3,(H,17,19). The molecule has 0 radical (unpaired) electrons. The Balaban J connectivity index is 2.81. The molecule has 1 unspecified atom stereocenters. The zero-order valence-electron chi connectivity index (χ0n) is 13.4. The number of carbonyl (C=O) groups excluding carboxylic acids is 1. The minimum Gasteiger partial charge on any atom is -0.367 e. The zero-order valence-corrected chi connectivity index (χ0v) is 13.4. The summed E-state index contributed by atoms with van der Waals surface area (Å²) in [4.78, 5) is 13.8. The highest BCUT2D eigenvalue weighted by Gasteiger charge is 2.44. The monoisotopic (exact) mass is 276 g/mol. The quantitative estimate of drug-likeness (QED) is 0.826. The van der Waals surface area contributed by atoms with E-state index in [9.17, 15) is 9.90 Å². The lowest BCUT2D eigenvalue weighted by Crippen LogP contribution is -2.56. The Kier molecular flexibility index (Phi) is 3.33. The fourth-order valence-electron chi connectivity index (χ4n) is 3.28. The molecule has 0 spiro atoms. The summed E-state index contributed by atoms with van der Waals surface area (Å²) in [6, 6.07) is -0.331. The minimum atomic E-state index is -1.29. The summed E-state index contributed by atoms with van der Waals surface area (Å²) in [5, 5.41) is 14.0. The molecule has 1 atom stereocenters. The second kappa shape index (κ2) is 4.48. The van der Waals surface area contributed by atoms with Crippen LogP contribution in [0, 0.1) is 27.7 Å². The molecule has 0 bridgehead atoms. The third-order valence-electron chi connectivity index (χ3n) is 4.60. The Morgan fingerprint density at radius 2 is 1.55 bits per heavy atom. The van der Waals surface area contributed by atoms with Gasteiger partial charge in [-0.25, -0.2) is 4.79 Å². The number of aliphatic hydroxyl groups is 1. The van der Waals surface area contributed by atoms with Crippen molar-refractivity contribution in [1.82, 2.24) is 4.90 Å². The normalized spacial score (nSPS) is 22.1. The van der Waals surface area contributed by atoms with Crippen molar-refractivity contribution < 1.29 is 9.90 Å². The number of fused-ring (bicyclic) bond motifs is 1. The predicted octanol–water partition coefficient (Wildman–Crippen LogP) is 3.34. The number of hydrogen-bond acceptors (Lipinski definition) is 2. The van der Waals surface area contributed by atoms with Crippen LogP contribution in [0.2, 0.25) is 0 Å². The van der Waals surface area contributed by atoms with E-state index in [-0.39, 0.29) is 12.1 Å². The minimum absolute atomic E-state index is 0.0838. The second-order valence-electron chi connectivity index (χ2n) is 6.16. The maximum absolute atomic E-state index is 12.3. The molecular weight excluding hydrogens is 252 g/mol. The van der Waals surface area contributed by atoms with Crippen LogP contribution in [-0.4, -0.2) is 22.1 Å². The molecule has 1 aromatic carbocycles. The summed E-state index contributed by atoms with van der Waals surface area (Å²) in [6.45, 7) is 13.6. The van der Waals surface area contributed by atoms with Crippen molar-refractivity contribution in [2.24, 2.45) is 0 Å². The first-order valence-corrected chi connectivity index (χ1v) is 7.04. The van der Waals surface area contributed by atoms with Crippen molar-refractivity contribution in [1.29, 1.82) is 0 Å². The number of carbonyl (C=O) groups is 1. The Morgan fingerprint density at radius 3 is 2.05 bits per heavy atom. The number of rotatable bonds is 1. The van der Waals surface area contributed by atoms with E-state index in [1.807, 2.05) is 34.6 Å². The summed E-state index contributed by atoms with van der Waals surface area (Å²) < 4.78 is 0. The van der Waals surface area contributed by atoms with Gasteiger partial charge in [0, 0.05) is 11.6 Å². The Labute approximate surface area is 120 Å². The second-order valence-corrected chi connectivity index (χ2v) is 6.16. The molecule has 0 saturated carbocycles. The van der Waals surface area contributed by atoms with Gasteiger partial charge in [0.2, 0.25) is 0 Å². The van der Waals surface area contributed by atoms with Crippen LogP contribution in [0.3, 0.4) is 0 Å². The molecule has 0 saturated heterocycles. The van der Waals surface area contributed by atoms with Gasteiger partial charge in [-0.3, -0.25) is 4.90 Å². The number of benzene rings is 1. The zero-order chi connectivity index (χ0) is 15.4. The molecule has 20 heavy (non-hydrogen) atoms. The van der Waals surface area contributed by atoms with Crippen LogP contribution in [0.5, 0.6) is 0 Å². The molecule has 1 aliphatic rings. The van der Waals surface area contributed by atoms with Crippen molar-refractivity contribution in [3.63, 3.8) is 0 Å². The summed E-state index contributed by atoms with van der Waals surface area (Å²) in [5.41, 5.74) is 4.68. The van der Waals surface area contributed by atoms with Crippen molar-refractivity contribution in [2.75, 3.05) is 5.32 Å². The van der Waals surface area contributed by atoms with Crippen LogP contribution in [0.25, 0.3) is 0 Å². The molecule has 0 fully saturated rings. The molecule has 0 aliphatic carbocycles. The van der Waals surface area contributed by atoms with E-state index in [2.05, 4.69) is 12.2 Å². The number of amides is 2. The topological polar surface area (TPSA) is 52.6 Å². The van der Waals surface area contributed by atoms with Gasteiger partial charge >= 0.3 is 6.03 Å². The first kappa shape index (κ1) is 14.9. The van der Waals surface area contributed by atoms with Crippen LogP contribution in [0.1, 0.15) is 48.6 Å². The van der Waals surface area contributed by atoms with Crippen LogP contribution in [0.15, 0.2) is 0 Å². The molecule has 0 aromatic heterocycles. The van der Waals surface area contributed by atoms with Crippen molar-refractivity contribution in [3.8, 4) is 0 Å². The maximum atomic E-state index is 12.3. The third-order valence-corrected chi connectivity index (χ3v) is 4.60. The molecule has 1 aliphatic heterocycles. The number of nitrogens with one attached hydrogen (secondary N) is 1. The number of hydrogen-bond donors (Lipinski definition) is 2. The van der Waals surface area contributed by atoms with Crippen molar-refractivity contribution in [2.45, 2.75) is 60.2 Å². The molecule has 1 heterocycles. The van der Waals surface area contributed by atoms with E-state index >= 15 is 0 Å². The van der Waals surface area contributed by atoms with Gasteiger partial charge in [0.25, 0.3) is 0 Å². The van der Waals surface area contributed by atoms with E-state index < -0.39 is 5.72 Å². The summed E-state index contributed by atoms with van der Waals surface area (Å²) >= 11 is 0. The predicted molar refractivity (Wildman–Crippen MR) is 81.0 cm³/mol. The van der Waals surface area contributed by atoms with Gasteiger partial charge in [0.05, 0.1) is 5.69 Å². The molecule has 4 heteroatoms. The van der Waals surface area contributed by atoms with E-state index in [0.717, 1.165) is 27.9 Å². The molecular formula is C16H24N2O2. The van der Waals surface area contributed by atoms with Gasteiger partial charge in [0.1, 0.15) is 0 Å². The van der Waals surface area contributed by atoms with E-state index in [0.29, 0.717) is 0 Å². The molecule has 2 rings (SSSR count). The van der Waals surface area contributed by atoms with Crippen LogP contribution in [0.4, 0.5) is 10.5 Å². The highest BCUT2D eigenvalue weighted by molar-refractivity contribution is 5.95. The highest BCUT2D eigenvalue weighted by Crippen LogP contribution is 2.43. The molecule has 4 nitrogen and oxygen atoms in total. The largest absolute Gasteiger partial charge is 0.367 e. The lowest BCUT2D eigenvalue weighted by Gasteiger charge is -2.46. The first-order valence-electron chi connectivity index (χ1n) is 7.04. The molecule has 2 amide bonds. The molecule has 110 valence electrons. The highest BCUT2D eigenvalue weighted by atomic mass is 16.3. The average molecular weight is 276 g/mol. The number of anilines is 1. The number of nitrogens with zero attached hydrogens (tertiary/aromatic N) is 1. The van der Waals surface area contributed by atoms with Gasteiger partial charge < -0.3 is 10.4 Å². The average Bonchev–Trinajstić information content (AvgIpc) is 2.31. The summed E-state index contributed by atoms with van der Waals surface area (Å²) in [5.74, 6) is 0. The summed E-state index contributed by atoms with van der Waals surface area (Å²) in [6.07, 6.45) is 0. The number of urea groups is 1. The van der Waals surface area contributed by atoms with E-state index in [4.69, 9.17) is 0 Å². The Morgan fingerprint density at radius 1 is 1.05 bits per heavy atom. The summed E-state index contributed by atoms with van der Waals surface area (Å²) in [7, 11) is 0. The van der Waals surface area contributed by atoms with Gasteiger partial charge in [-0.2, -0.15) is 0 Å². The Bertz CT molecular complexity index is 589. The fraction of sp³-hybridized carbons (Fsp3) is 0.562. The maximum Gasteiger partial charge on any atom is 0.324 e. The van der Waals surface area contributed by atoms with E-state index in [1.165, 1.54) is 10.5 Å². The molecule has 1 aromatic rings. The van der Waals surface area contributed by atoms with Gasteiger partial charge in [-0.15, -0.1) is 0 Å². The van der Waals surface area contributed by atoms with Crippen LogP contribution < -0.4 is 5.32 Å². The first-order chi connectivity index (χ1) is 9.10. The smallest absolute Gasteiger partial charge is 0.324 e. The third kappa shape index (κ3) is 1.82. The van der Waals surface area contributed by atoms with Crippen LogP contribution in [-0.2, 0) is 5.72 Å². The Hall–Kier alpha value is -1.55. The lowest BCUT2D eigenvalue weighted by molar-refractivity contribution is -0.0862.